The molecule has 2 rings (SSSR count). The van der Waals surface area contributed by atoms with Crippen LogP contribution < -0.4 is 11.1 Å². The van der Waals surface area contributed by atoms with Crippen LogP contribution in [0.4, 0.5) is 5.69 Å². The van der Waals surface area contributed by atoms with Crippen LogP contribution in [0.1, 0.15) is 29.7 Å². The maximum absolute atomic E-state index is 6.07. The maximum atomic E-state index is 6.07. The van der Waals surface area contributed by atoms with Crippen LogP contribution in [0.15, 0.2) is 53.5 Å². The Kier molecular flexibility index (Phi) is 6.38. The third-order valence-electron chi connectivity index (χ3n) is 4.13. The standard InChI is InChI=1S/C20H28N4/c1-5-16-7-6-8-18(13-16)23-20(21)22-14-19(24(3)4)17-11-9-15(2)10-12-17/h6-13,19H,5,14H2,1-4H3,(H3,21,22,23). The molecule has 24 heavy (non-hydrogen) atoms. The van der Waals surface area contributed by atoms with E-state index in [0.717, 1.165) is 12.1 Å². The molecule has 0 aliphatic carbocycles. The zero-order chi connectivity index (χ0) is 17.5. The lowest BCUT2D eigenvalue weighted by Gasteiger charge is -2.23. The van der Waals surface area contributed by atoms with E-state index in [0.29, 0.717) is 12.5 Å². The summed E-state index contributed by atoms with van der Waals surface area (Å²) in [6, 6.07) is 17.0. The maximum Gasteiger partial charge on any atom is 0.193 e. The zero-order valence-electron chi connectivity index (χ0n) is 15.1. The molecule has 128 valence electrons. The number of aryl methyl sites for hydroxylation is 2. The molecule has 2 aromatic carbocycles. The second kappa shape index (κ2) is 8.50. The fourth-order valence-electron chi connectivity index (χ4n) is 2.60. The van der Waals surface area contributed by atoms with Crippen molar-refractivity contribution in [1.82, 2.24) is 4.90 Å². The number of nitrogens with two attached hydrogens (primary N) is 1. The van der Waals surface area contributed by atoms with Crippen LogP contribution in [0.5, 0.6) is 0 Å². The molecule has 4 nitrogen and oxygen atoms in total. The van der Waals surface area contributed by atoms with Gasteiger partial charge in [0.15, 0.2) is 5.96 Å². The molecule has 1 unspecified atom stereocenters. The molecule has 0 fully saturated rings. The van der Waals surface area contributed by atoms with Crippen molar-refractivity contribution in [2.75, 3.05) is 26.0 Å². The Morgan fingerprint density at radius 3 is 2.50 bits per heavy atom. The van der Waals surface area contributed by atoms with Gasteiger partial charge in [-0.2, -0.15) is 0 Å². The highest BCUT2D eigenvalue weighted by molar-refractivity contribution is 5.92. The molecule has 0 saturated heterocycles. The minimum absolute atomic E-state index is 0.202. The molecule has 0 saturated carbocycles. The molecule has 2 aromatic rings. The first kappa shape index (κ1) is 18.0. The monoisotopic (exact) mass is 324 g/mol. The number of aliphatic imine (C=N–C) groups is 1. The van der Waals surface area contributed by atoms with Crippen molar-refractivity contribution in [3.63, 3.8) is 0 Å². The summed E-state index contributed by atoms with van der Waals surface area (Å²) in [5.74, 6) is 0.446. The zero-order valence-corrected chi connectivity index (χ0v) is 15.1. The summed E-state index contributed by atoms with van der Waals surface area (Å²) >= 11 is 0. The highest BCUT2D eigenvalue weighted by atomic mass is 15.1. The van der Waals surface area contributed by atoms with Gasteiger partial charge in [-0.25, -0.2) is 0 Å². The molecule has 0 aliphatic heterocycles. The normalized spacial score (nSPS) is 13.1. The predicted octanol–water partition coefficient (Wildman–Crippen LogP) is 3.59. The first-order chi connectivity index (χ1) is 11.5. The van der Waals surface area contributed by atoms with Crippen LogP contribution in [-0.4, -0.2) is 31.5 Å². The summed E-state index contributed by atoms with van der Waals surface area (Å²) in [4.78, 5) is 6.70. The Labute approximate surface area is 145 Å². The predicted molar refractivity (Wildman–Crippen MR) is 104 cm³/mol. The van der Waals surface area contributed by atoms with Crippen LogP contribution in [-0.2, 0) is 6.42 Å². The molecular formula is C20H28N4. The van der Waals surface area contributed by atoms with E-state index in [1.807, 2.05) is 12.1 Å². The van der Waals surface area contributed by atoms with Gasteiger partial charge < -0.3 is 16.0 Å². The van der Waals surface area contributed by atoms with E-state index in [-0.39, 0.29) is 6.04 Å². The average molecular weight is 324 g/mol. The number of hydrogen-bond acceptors (Lipinski definition) is 2. The van der Waals surface area contributed by atoms with Gasteiger partial charge in [0.25, 0.3) is 0 Å². The minimum atomic E-state index is 0.202. The summed E-state index contributed by atoms with van der Waals surface area (Å²) < 4.78 is 0. The Morgan fingerprint density at radius 2 is 1.88 bits per heavy atom. The number of benzene rings is 2. The minimum Gasteiger partial charge on any atom is -0.370 e. The Bertz CT molecular complexity index is 674. The Balaban J connectivity index is 2.06. The number of guanidine groups is 1. The van der Waals surface area contributed by atoms with Crippen LogP contribution in [0.25, 0.3) is 0 Å². The fourth-order valence-corrected chi connectivity index (χ4v) is 2.60. The quantitative estimate of drug-likeness (QED) is 0.631. The van der Waals surface area contributed by atoms with Gasteiger partial charge in [0.1, 0.15) is 0 Å². The van der Waals surface area contributed by atoms with Gasteiger partial charge in [0.05, 0.1) is 12.6 Å². The van der Waals surface area contributed by atoms with Crippen LogP contribution in [0.2, 0.25) is 0 Å². The molecule has 1 atom stereocenters. The fraction of sp³-hybridized carbons (Fsp3) is 0.350. The molecule has 0 radical (unpaired) electrons. The van der Waals surface area contributed by atoms with E-state index >= 15 is 0 Å². The summed E-state index contributed by atoms with van der Waals surface area (Å²) in [5, 5.41) is 3.18. The van der Waals surface area contributed by atoms with Crippen molar-refractivity contribution in [2.45, 2.75) is 26.3 Å². The van der Waals surface area contributed by atoms with Crippen molar-refractivity contribution in [1.29, 1.82) is 0 Å². The summed E-state index contributed by atoms with van der Waals surface area (Å²) in [6.45, 7) is 4.85. The van der Waals surface area contributed by atoms with E-state index < -0.39 is 0 Å². The molecule has 0 heterocycles. The molecule has 0 bridgehead atoms. The van der Waals surface area contributed by atoms with Gasteiger partial charge in [-0.05, 0) is 50.7 Å². The summed E-state index contributed by atoms with van der Waals surface area (Å²) in [7, 11) is 4.13. The molecule has 0 spiro atoms. The largest absolute Gasteiger partial charge is 0.370 e. The summed E-state index contributed by atoms with van der Waals surface area (Å²) in [6.07, 6.45) is 1.00. The highest BCUT2D eigenvalue weighted by Gasteiger charge is 2.13. The van der Waals surface area contributed by atoms with E-state index in [1.54, 1.807) is 0 Å². The smallest absolute Gasteiger partial charge is 0.193 e. The molecular weight excluding hydrogens is 296 g/mol. The Morgan fingerprint density at radius 1 is 1.17 bits per heavy atom. The van der Waals surface area contributed by atoms with Crippen LogP contribution in [0, 0.1) is 6.92 Å². The number of nitrogens with zero attached hydrogens (tertiary/aromatic N) is 2. The number of hydrogen-bond donors (Lipinski definition) is 2. The van der Waals surface area contributed by atoms with Crippen molar-refractivity contribution in [2.24, 2.45) is 10.7 Å². The van der Waals surface area contributed by atoms with Gasteiger partial charge >= 0.3 is 0 Å². The molecule has 3 N–H and O–H groups in total. The van der Waals surface area contributed by atoms with Crippen molar-refractivity contribution >= 4 is 11.6 Å². The van der Waals surface area contributed by atoms with Gasteiger partial charge in [-0.3, -0.25) is 4.99 Å². The van der Waals surface area contributed by atoms with Crippen molar-refractivity contribution in [3.8, 4) is 0 Å². The topological polar surface area (TPSA) is 53.6 Å². The number of anilines is 1. The lowest BCUT2D eigenvalue weighted by Crippen LogP contribution is -2.27. The Hall–Kier alpha value is -2.33. The third-order valence-corrected chi connectivity index (χ3v) is 4.13. The van der Waals surface area contributed by atoms with E-state index in [1.165, 1.54) is 16.7 Å². The van der Waals surface area contributed by atoms with E-state index in [9.17, 15) is 0 Å². The van der Waals surface area contributed by atoms with Crippen molar-refractivity contribution in [3.05, 3.63) is 65.2 Å². The first-order valence-electron chi connectivity index (χ1n) is 8.38. The number of rotatable bonds is 6. The molecule has 4 heteroatoms. The van der Waals surface area contributed by atoms with Gasteiger partial charge in [0.2, 0.25) is 0 Å². The highest BCUT2D eigenvalue weighted by Crippen LogP contribution is 2.19. The molecule has 0 aromatic heterocycles. The third kappa shape index (κ3) is 5.10. The van der Waals surface area contributed by atoms with Crippen LogP contribution in [0.3, 0.4) is 0 Å². The van der Waals surface area contributed by atoms with Gasteiger partial charge in [-0.1, -0.05) is 48.9 Å². The lowest BCUT2D eigenvalue weighted by molar-refractivity contribution is 0.306. The first-order valence-corrected chi connectivity index (χ1v) is 8.38. The van der Waals surface area contributed by atoms with Crippen LogP contribution >= 0.6 is 0 Å². The molecule has 0 aliphatic rings. The average Bonchev–Trinajstić information content (AvgIpc) is 2.56. The number of nitrogens with one attached hydrogen (secondary N) is 1. The second-order valence-corrected chi connectivity index (χ2v) is 6.29. The lowest BCUT2D eigenvalue weighted by atomic mass is 10.0. The van der Waals surface area contributed by atoms with Gasteiger partial charge in [0, 0.05) is 5.69 Å². The van der Waals surface area contributed by atoms with E-state index in [4.69, 9.17) is 5.73 Å². The second-order valence-electron chi connectivity index (χ2n) is 6.29. The SMILES string of the molecule is CCc1cccc(NC(N)=NCC(c2ccc(C)cc2)N(C)C)c1. The summed E-state index contributed by atoms with van der Waals surface area (Å²) in [5.41, 5.74) is 10.8. The van der Waals surface area contributed by atoms with Crippen molar-refractivity contribution < 1.29 is 0 Å². The van der Waals surface area contributed by atoms with E-state index in [2.05, 4.69) is 79.6 Å². The molecule has 0 amide bonds. The van der Waals surface area contributed by atoms with Gasteiger partial charge in [-0.15, -0.1) is 0 Å². The number of likely N-dealkylation sites (N-methyl/N-ethyl adjacent to an activating group) is 1.